The maximum Gasteiger partial charge on any atom is 0.149 e. The fraction of sp³-hybridized carbons (Fsp3) is 0.226. The summed E-state index contributed by atoms with van der Waals surface area (Å²) in [6.45, 7) is 19.3. The quantitative estimate of drug-likeness (QED) is 0.174. The van der Waals surface area contributed by atoms with Crippen molar-refractivity contribution in [3.05, 3.63) is 192 Å². The van der Waals surface area contributed by atoms with Crippen LogP contribution in [0.4, 0.5) is 0 Å². The Morgan fingerprint density at radius 3 is 1.82 bits per heavy atom. The van der Waals surface area contributed by atoms with Gasteiger partial charge in [0.25, 0.3) is 0 Å². The van der Waals surface area contributed by atoms with Crippen molar-refractivity contribution in [2.75, 3.05) is 0 Å². The molecule has 0 bridgehead atoms. The molecule has 0 unspecified atom stereocenters. The van der Waals surface area contributed by atoms with Crippen LogP contribution >= 0.6 is 0 Å². The number of fused-ring (bicyclic) bond motifs is 1. The van der Waals surface area contributed by atoms with Gasteiger partial charge in [0, 0.05) is 27.0 Å². The first kappa shape index (κ1) is 40.5. The number of benzene rings is 7. The van der Waals surface area contributed by atoms with Crippen molar-refractivity contribution in [2.24, 2.45) is 0 Å². The molecule has 9 rings (SSSR count). The van der Waals surface area contributed by atoms with E-state index in [0.29, 0.717) is 28.2 Å². The van der Waals surface area contributed by atoms with Gasteiger partial charge in [-0.2, -0.15) is 0 Å². The predicted octanol–water partition coefficient (Wildman–Crippen LogP) is 16.6. The normalized spacial score (nSPS) is 13.1. The molecule has 4 nitrogen and oxygen atoms in total. The van der Waals surface area contributed by atoms with Gasteiger partial charge in [-0.1, -0.05) is 171 Å². The van der Waals surface area contributed by atoms with E-state index in [2.05, 4.69) is 159 Å². The van der Waals surface area contributed by atoms with E-state index in [1.807, 2.05) is 72.9 Å². The van der Waals surface area contributed by atoms with Crippen LogP contribution in [-0.4, -0.2) is 19.6 Å². The summed E-state index contributed by atoms with van der Waals surface area (Å²) in [4.78, 5) is 10.5. The molecule has 7 aromatic carbocycles. The number of phenols is 1. The molecule has 0 aliphatic carbocycles. The summed E-state index contributed by atoms with van der Waals surface area (Å²) in [5, 5.41) is 11.9. The summed E-state index contributed by atoms with van der Waals surface area (Å²) >= 11 is 0. The first-order valence-corrected chi connectivity index (χ1v) is 22.9. The van der Waals surface area contributed by atoms with Crippen LogP contribution in [0.25, 0.3) is 83.9 Å². The minimum Gasteiger partial charge on any atom is -0.507 e. The van der Waals surface area contributed by atoms with Crippen LogP contribution in [-0.2, 0) is 16.2 Å². The highest BCUT2D eigenvalue weighted by Crippen LogP contribution is 2.44. The molecule has 0 amide bonds. The Kier molecular flexibility index (Phi) is 10.3. The maximum absolute atomic E-state index is 11.9. The van der Waals surface area contributed by atoms with Crippen molar-refractivity contribution in [3.8, 4) is 78.6 Å². The van der Waals surface area contributed by atoms with E-state index < -0.39 is 6.85 Å². The van der Waals surface area contributed by atoms with Gasteiger partial charge in [0.05, 0.1) is 28.0 Å². The van der Waals surface area contributed by atoms with Crippen molar-refractivity contribution in [1.29, 1.82) is 0 Å². The van der Waals surface area contributed by atoms with Crippen molar-refractivity contribution < 1.29 is 9.22 Å². The molecule has 9 aromatic rings. The summed E-state index contributed by atoms with van der Waals surface area (Å²) in [5.41, 5.74) is 16.0. The van der Waals surface area contributed by atoms with Gasteiger partial charge in [-0.3, -0.25) is 9.55 Å². The number of phenolic OH excluding ortho intramolecular Hbond substituents is 1. The fourth-order valence-electron chi connectivity index (χ4n) is 8.83. The second kappa shape index (κ2) is 16.7. The van der Waals surface area contributed by atoms with Gasteiger partial charge >= 0.3 is 0 Å². The Morgan fingerprint density at radius 2 is 1.14 bits per heavy atom. The first-order valence-electron chi connectivity index (χ1n) is 24.4. The number of aryl methyl sites for hydroxylation is 2. The number of aromatic nitrogens is 3. The summed E-state index contributed by atoms with van der Waals surface area (Å²) in [5.74, 6) is 0.571. The number of pyridine rings is 1. The lowest BCUT2D eigenvalue weighted by molar-refractivity contribution is 0.475. The Morgan fingerprint density at radius 1 is 0.485 bits per heavy atom. The standard InChI is InChI=1S/C62H61N3O/c1-39-20-22-41(23-21-39)44-30-31-63-54(36-44)46-33-45(34-49(35-46)62(9,10)11)50-18-15-19-55-58(50)64-59(53-37-48(61(6,7)8)28-29-57(53)66)65(55)56-32-40(2)51(38-52(56)42-16-13-12-14-17-42)43-24-26-47(27-25-43)60(3,4)5/h12-38,66H,1-11H3/i2D3. The van der Waals surface area contributed by atoms with E-state index in [0.717, 1.165) is 72.4 Å². The summed E-state index contributed by atoms with van der Waals surface area (Å²) < 4.78 is 29.2. The number of para-hydroxylation sites is 1. The molecule has 330 valence electrons. The molecule has 0 spiro atoms. The second-order valence-corrected chi connectivity index (χ2v) is 20.9. The highest BCUT2D eigenvalue weighted by Gasteiger charge is 2.26. The molecule has 0 atom stereocenters. The number of imidazole rings is 1. The van der Waals surface area contributed by atoms with Crippen LogP contribution in [0.2, 0.25) is 0 Å². The smallest absolute Gasteiger partial charge is 0.149 e. The molecule has 0 fully saturated rings. The average molecular weight is 867 g/mol. The molecule has 0 saturated carbocycles. The van der Waals surface area contributed by atoms with Crippen LogP contribution in [0.3, 0.4) is 0 Å². The first-order chi connectivity index (χ1) is 32.5. The lowest BCUT2D eigenvalue weighted by atomic mass is 9.83. The van der Waals surface area contributed by atoms with Gasteiger partial charge in [-0.25, -0.2) is 4.98 Å². The number of nitrogens with zero attached hydrogens (tertiary/aromatic N) is 3. The van der Waals surface area contributed by atoms with E-state index in [9.17, 15) is 5.11 Å². The number of rotatable bonds is 7. The van der Waals surface area contributed by atoms with Gasteiger partial charge in [-0.15, -0.1) is 0 Å². The van der Waals surface area contributed by atoms with Crippen molar-refractivity contribution in [3.63, 3.8) is 0 Å². The van der Waals surface area contributed by atoms with Crippen LogP contribution in [0.1, 0.15) is 94.2 Å². The molecule has 2 aromatic heterocycles. The zero-order chi connectivity index (χ0) is 49.2. The van der Waals surface area contributed by atoms with E-state index in [1.165, 1.54) is 5.56 Å². The highest BCUT2D eigenvalue weighted by atomic mass is 16.3. The number of hydrogen-bond donors (Lipinski definition) is 1. The largest absolute Gasteiger partial charge is 0.507 e. The van der Waals surface area contributed by atoms with E-state index >= 15 is 0 Å². The molecule has 1 N–H and O–H groups in total. The highest BCUT2D eigenvalue weighted by molar-refractivity contribution is 5.98. The van der Waals surface area contributed by atoms with Crippen molar-refractivity contribution in [2.45, 2.75) is 92.3 Å². The Hall–Kier alpha value is -7.04. The molecule has 0 radical (unpaired) electrons. The molecular weight excluding hydrogens is 803 g/mol. The Balaban J connectivity index is 1.36. The summed E-state index contributed by atoms with van der Waals surface area (Å²) in [6.07, 6.45) is 1.88. The SMILES string of the molecule is [2H]C([2H])([2H])c1cc(-n2c(-c3cc(C(C)(C)C)ccc3O)nc3c(-c4cc(-c5cc(-c6ccc(C)cc6)ccn5)cc(C(C)(C)C)c4)cccc32)c(-c2ccccc2)cc1-c1ccc(C(C)(C)C)cc1. The van der Waals surface area contributed by atoms with Gasteiger partial charge < -0.3 is 5.11 Å². The van der Waals surface area contributed by atoms with E-state index in [4.69, 9.17) is 14.1 Å². The molecule has 2 heterocycles. The predicted molar refractivity (Wildman–Crippen MR) is 279 cm³/mol. The van der Waals surface area contributed by atoms with Gasteiger partial charge in [0.1, 0.15) is 11.6 Å². The Bertz CT molecular complexity index is 3360. The molecule has 66 heavy (non-hydrogen) atoms. The molecular formula is C62H61N3O. The molecule has 0 aliphatic rings. The maximum atomic E-state index is 11.9. The van der Waals surface area contributed by atoms with Crippen LogP contribution < -0.4 is 0 Å². The third-order valence-corrected chi connectivity index (χ3v) is 12.9. The Labute approximate surface area is 395 Å². The second-order valence-electron chi connectivity index (χ2n) is 20.9. The zero-order valence-corrected chi connectivity index (χ0v) is 39.9. The summed E-state index contributed by atoms with van der Waals surface area (Å²) in [6, 6.07) is 53.6. The number of aromatic hydroxyl groups is 1. The van der Waals surface area contributed by atoms with Crippen molar-refractivity contribution >= 4 is 11.0 Å². The van der Waals surface area contributed by atoms with Gasteiger partial charge in [0.2, 0.25) is 0 Å². The average Bonchev–Trinajstić information content (AvgIpc) is 3.70. The minimum atomic E-state index is -2.48. The van der Waals surface area contributed by atoms with Crippen LogP contribution in [0, 0.1) is 13.8 Å². The van der Waals surface area contributed by atoms with Gasteiger partial charge in [0.15, 0.2) is 0 Å². The number of hydrogen-bond acceptors (Lipinski definition) is 3. The third-order valence-electron chi connectivity index (χ3n) is 12.9. The van der Waals surface area contributed by atoms with E-state index in [-0.39, 0.29) is 27.6 Å². The fourth-order valence-corrected chi connectivity index (χ4v) is 8.83. The molecule has 0 saturated heterocycles. The third kappa shape index (κ3) is 8.61. The summed E-state index contributed by atoms with van der Waals surface area (Å²) in [7, 11) is 0. The molecule has 0 aliphatic heterocycles. The zero-order valence-electron chi connectivity index (χ0n) is 42.9. The topological polar surface area (TPSA) is 50.9 Å². The van der Waals surface area contributed by atoms with Crippen LogP contribution in [0.15, 0.2) is 164 Å². The monoisotopic (exact) mass is 867 g/mol. The van der Waals surface area contributed by atoms with E-state index in [1.54, 1.807) is 6.07 Å². The van der Waals surface area contributed by atoms with Crippen LogP contribution in [0.5, 0.6) is 5.75 Å². The molecule has 4 heteroatoms. The lowest BCUT2D eigenvalue weighted by Crippen LogP contribution is -2.11. The van der Waals surface area contributed by atoms with Gasteiger partial charge in [-0.05, 0) is 140 Å². The van der Waals surface area contributed by atoms with Crippen molar-refractivity contribution in [1.82, 2.24) is 14.5 Å². The minimum absolute atomic E-state index is 0.0721. The lowest BCUT2D eigenvalue weighted by Gasteiger charge is -2.22.